The van der Waals surface area contributed by atoms with Crippen molar-refractivity contribution in [3.05, 3.63) is 90.1 Å². The van der Waals surface area contributed by atoms with Crippen molar-refractivity contribution in [3.8, 4) is 11.1 Å². The Morgan fingerprint density at radius 2 is 1.68 bits per heavy atom. The number of rotatable bonds is 4. The van der Waals surface area contributed by atoms with Gasteiger partial charge < -0.3 is 11.1 Å². The molecule has 2 aromatic carbocycles. The van der Waals surface area contributed by atoms with Gasteiger partial charge in [0, 0.05) is 18.1 Å². The van der Waals surface area contributed by atoms with Gasteiger partial charge in [-0.2, -0.15) is 0 Å². The van der Waals surface area contributed by atoms with Crippen LogP contribution in [0.2, 0.25) is 0 Å². The predicted octanol–water partition coefficient (Wildman–Crippen LogP) is 3.83. The summed E-state index contributed by atoms with van der Waals surface area (Å²) in [5.41, 5.74) is 9.00. The van der Waals surface area contributed by atoms with Crippen molar-refractivity contribution in [1.82, 2.24) is 4.98 Å². The van der Waals surface area contributed by atoms with E-state index in [0.29, 0.717) is 11.3 Å². The number of pyridine rings is 1. The molecule has 0 aliphatic carbocycles. The minimum absolute atomic E-state index is 0.00353. The molecule has 0 radical (unpaired) electrons. The van der Waals surface area contributed by atoms with E-state index in [9.17, 15) is 9.18 Å². The van der Waals surface area contributed by atoms with Crippen LogP contribution in [0.1, 0.15) is 5.56 Å². The Bertz CT molecular complexity index is 906. The molecule has 0 saturated carbocycles. The van der Waals surface area contributed by atoms with Crippen molar-refractivity contribution < 1.29 is 9.18 Å². The van der Waals surface area contributed by atoms with Crippen LogP contribution in [-0.4, -0.2) is 10.9 Å². The lowest BCUT2D eigenvalue weighted by atomic mass is 10.1. The molecule has 3 rings (SSSR count). The molecule has 1 heterocycles. The number of hydrogen-bond acceptors (Lipinski definition) is 3. The number of amides is 1. The van der Waals surface area contributed by atoms with Crippen molar-refractivity contribution in [3.63, 3.8) is 0 Å². The van der Waals surface area contributed by atoms with Crippen molar-refractivity contribution in [2.24, 2.45) is 5.73 Å². The summed E-state index contributed by atoms with van der Waals surface area (Å²) in [5.74, 6) is -0.824. The number of nitrogens with two attached hydrogens (primary N) is 1. The summed E-state index contributed by atoms with van der Waals surface area (Å²) in [5, 5.41) is 2.72. The Kier molecular flexibility index (Phi) is 4.85. The minimum Gasteiger partial charge on any atom is -0.394 e. The highest BCUT2D eigenvalue weighted by atomic mass is 19.1. The molecule has 0 aliphatic heterocycles. The SMILES string of the molecule is NC(=Cc1cccc(F)c1)C(=O)Nc1ccc(-c2ccncc2)cc1. The lowest BCUT2D eigenvalue weighted by Crippen LogP contribution is -2.19. The number of nitrogens with zero attached hydrogens (tertiary/aromatic N) is 1. The Labute approximate surface area is 144 Å². The van der Waals surface area contributed by atoms with Gasteiger partial charge in [-0.25, -0.2) is 4.39 Å². The average Bonchev–Trinajstić information content (AvgIpc) is 2.63. The first-order valence-corrected chi connectivity index (χ1v) is 7.66. The van der Waals surface area contributed by atoms with Crippen molar-refractivity contribution in [2.75, 3.05) is 5.32 Å². The highest BCUT2D eigenvalue weighted by Crippen LogP contribution is 2.20. The summed E-state index contributed by atoms with van der Waals surface area (Å²) in [6.45, 7) is 0. The molecule has 3 N–H and O–H groups in total. The average molecular weight is 333 g/mol. The highest BCUT2D eigenvalue weighted by Gasteiger charge is 2.07. The maximum Gasteiger partial charge on any atom is 0.271 e. The molecule has 3 aromatic rings. The van der Waals surface area contributed by atoms with Crippen molar-refractivity contribution >= 4 is 17.7 Å². The van der Waals surface area contributed by atoms with Gasteiger partial charge in [-0.1, -0.05) is 24.3 Å². The normalized spacial score (nSPS) is 11.2. The molecule has 1 amide bonds. The van der Waals surface area contributed by atoms with Crippen LogP contribution in [0.15, 0.2) is 78.8 Å². The topological polar surface area (TPSA) is 68.0 Å². The number of benzene rings is 2. The molecular formula is C20H16FN3O. The fourth-order valence-electron chi connectivity index (χ4n) is 2.34. The summed E-state index contributed by atoms with van der Waals surface area (Å²) in [7, 11) is 0. The van der Waals surface area contributed by atoms with Crippen LogP contribution >= 0.6 is 0 Å². The second-order valence-corrected chi connectivity index (χ2v) is 5.42. The zero-order chi connectivity index (χ0) is 17.6. The number of anilines is 1. The third-order valence-electron chi connectivity index (χ3n) is 3.59. The van der Waals surface area contributed by atoms with Gasteiger partial charge in [0.05, 0.1) is 5.70 Å². The number of carbonyl (C=O) groups is 1. The van der Waals surface area contributed by atoms with Crippen LogP contribution in [0.3, 0.4) is 0 Å². The summed E-state index contributed by atoms with van der Waals surface area (Å²) < 4.78 is 13.2. The largest absolute Gasteiger partial charge is 0.394 e. The van der Waals surface area contributed by atoms with E-state index in [-0.39, 0.29) is 11.5 Å². The van der Waals surface area contributed by atoms with Gasteiger partial charge in [-0.05, 0) is 59.2 Å². The fraction of sp³-hybridized carbons (Fsp3) is 0. The first kappa shape index (κ1) is 16.4. The molecule has 0 aliphatic rings. The minimum atomic E-state index is -0.444. The molecule has 124 valence electrons. The molecule has 1 aromatic heterocycles. The summed E-state index contributed by atoms with van der Waals surface area (Å²) in [6.07, 6.45) is 4.88. The molecule has 5 heteroatoms. The Balaban J connectivity index is 1.70. The molecule has 0 atom stereocenters. The van der Waals surface area contributed by atoms with Crippen LogP contribution in [0.5, 0.6) is 0 Å². The van der Waals surface area contributed by atoms with E-state index in [2.05, 4.69) is 10.3 Å². The molecule has 0 spiro atoms. The van der Waals surface area contributed by atoms with E-state index in [1.165, 1.54) is 18.2 Å². The van der Waals surface area contributed by atoms with Gasteiger partial charge in [-0.3, -0.25) is 9.78 Å². The maximum absolute atomic E-state index is 13.2. The zero-order valence-corrected chi connectivity index (χ0v) is 13.3. The monoisotopic (exact) mass is 333 g/mol. The molecule has 0 saturated heterocycles. The third-order valence-corrected chi connectivity index (χ3v) is 3.59. The highest BCUT2D eigenvalue weighted by molar-refractivity contribution is 6.06. The Morgan fingerprint density at radius 1 is 1.00 bits per heavy atom. The van der Waals surface area contributed by atoms with Gasteiger partial charge in [0.25, 0.3) is 5.91 Å². The number of hydrogen-bond donors (Lipinski definition) is 2. The third kappa shape index (κ3) is 4.29. The van der Waals surface area contributed by atoms with Crippen molar-refractivity contribution in [2.45, 2.75) is 0 Å². The maximum atomic E-state index is 13.2. The van der Waals surface area contributed by atoms with Crippen LogP contribution in [-0.2, 0) is 4.79 Å². The standard InChI is InChI=1S/C20H16FN3O/c21-17-3-1-2-14(12-17)13-19(22)20(25)24-18-6-4-15(5-7-18)16-8-10-23-11-9-16/h1-13H,22H2,(H,24,25). The van der Waals surface area contributed by atoms with Crippen LogP contribution in [0.4, 0.5) is 10.1 Å². The fourth-order valence-corrected chi connectivity index (χ4v) is 2.34. The zero-order valence-electron chi connectivity index (χ0n) is 13.3. The van der Waals surface area contributed by atoms with Gasteiger partial charge in [-0.15, -0.1) is 0 Å². The van der Waals surface area contributed by atoms with Crippen molar-refractivity contribution in [1.29, 1.82) is 0 Å². The summed E-state index contributed by atoms with van der Waals surface area (Å²) in [6, 6.07) is 17.1. The molecule has 4 nitrogen and oxygen atoms in total. The lowest BCUT2D eigenvalue weighted by Gasteiger charge is -2.07. The number of nitrogens with one attached hydrogen (secondary N) is 1. The second kappa shape index (κ2) is 7.40. The van der Waals surface area contributed by atoms with Gasteiger partial charge >= 0.3 is 0 Å². The molecular weight excluding hydrogens is 317 g/mol. The quantitative estimate of drug-likeness (QED) is 0.713. The first-order chi connectivity index (χ1) is 12.1. The van der Waals surface area contributed by atoms with E-state index in [1.807, 2.05) is 24.3 Å². The molecule has 0 unspecified atom stereocenters. The van der Waals surface area contributed by atoms with E-state index in [4.69, 9.17) is 5.73 Å². The molecule has 0 fully saturated rings. The van der Waals surface area contributed by atoms with Crippen LogP contribution in [0.25, 0.3) is 17.2 Å². The smallest absolute Gasteiger partial charge is 0.271 e. The summed E-state index contributed by atoms with van der Waals surface area (Å²) in [4.78, 5) is 16.1. The molecule has 25 heavy (non-hydrogen) atoms. The van der Waals surface area contributed by atoms with Crippen LogP contribution < -0.4 is 11.1 Å². The van der Waals surface area contributed by atoms with Gasteiger partial charge in [0.1, 0.15) is 5.82 Å². The lowest BCUT2D eigenvalue weighted by molar-refractivity contribution is -0.112. The van der Waals surface area contributed by atoms with Gasteiger partial charge in [0.15, 0.2) is 0 Å². The number of halogens is 1. The van der Waals surface area contributed by atoms with E-state index in [1.54, 1.807) is 36.7 Å². The van der Waals surface area contributed by atoms with E-state index >= 15 is 0 Å². The first-order valence-electron chi connectivity index (χ1n) is 7.66. The molecule has 0 bridgehead atoms. The van der Waals surface area contributed by atoms with E-state index < -0.39 is 5.91 Å². The van der Waals surface area contributed by atoms with E-state index in [0.717, 1.165) is 11.1 Å². The number of carbonyl (C=O) groups excluding carboxylic acids is 1. The Hall–Kier alpha value is -3.47. The predicted molar refractivity (Wildman–Crippen MR) is 96.9 cm³/mol. The number of aromatic nitrogens is 1. The second-order valence-electron chi connectivity index (χ2n) is 5.42. The summed E-state index contributed by atoms with van der Waals surface area (Å²) >= 11 is 0. The van der Waals surface area contributed by atoms with Gasteiger partial charge in [0.2, 0.25) is 0 Å². The van der Waals surface area contributed by atoms with Crippen LogP contribution in [0, 0.1) is 5.82 Å². The Morgan fingerprint density at radius 3 is 2.36 bits per heavy atom.